The molecule has 0 saturated carbocycles. The van der Waals surface area contributed by atoms with E-state index in [4.69, 9.17) is 14.2 Å². The van der Waals surface area contributed by atoms with Gasteiger partial charge in [-0.25, -0.2) is 4.98 Å². The number of para-hydroxylation sites is 1. The molecule has 31 heavy (non-hydrogen) atoms. The second-order valence-electron chi connectivity index (χ2n) is 7.66. The molecule has 0 radical (unpaired) electrons. The van der Waals surface area contributed by atoms with Crippen molar-refractivity contribution in [3.8, 4) is 5.75 Å². The molecule has 0 aliphatic carbocycles. The second-order valence-corrected chi connectivity index (χ2v) is 7.66. The first-order chi connectivity index (χ1) is 15.2. The summed E-state index contributed by atoms with van der Waals surface area (Å²) in [6, 6.07) is 13.0. The molecular weight excluding hydrogens is 394 g/mol. The number of carbonyl (C=O) groups is 1. The van der Waals surface area contributed by atoms with Gasteiger partial charge >= 0.3 is 0 Å². The Morgan fingerprint density at radius 3 is 2.94 bits per heavy atom. The molecule has 1 aliphatic rings. The van der Waals surface area contributed by atoms with Crippen LogP contribution < -0.4 is 10.1 Å². The normalized spacial score (nSPS) is 13.6. The quantitative estimate of drug-likeness (QED) is 0.521. The van der Waals surface area contributed by atoms with Gasteiger partial charge in [-0.1, -0.05) is 23.7 Å². The highest BCUT2D eigenvalue weighted by atomic mass is 16.5. The van der Waals surface area contributed by atoms with Crippen LogP contribution in [0, 0.1) is 6.92 Å². The molecule has 1 amide bonds. The van der Waals surface area contributed by atoms with Crippen molar-refractivity contribution in [2.24, 2.45) is 0 Å². The molecule has 1 aliphatic heterocycles. The van der Waals surface area contributed by atoms with Crippen LogP contribution in [0.1, 0.15) is 47.2 Å². The van der Waals surface area contributed by atoms with Gasteiger partial charge in [-0.2, -0.15) is 4.98 Å². The zero-order valence-corrected chi connectivity index (χ0v) is 17.3. The molecule has 3 heterocycles. The molecule has 2 aromatic heterocycles. The summed E-state index contributed by atoms with van der Waals surface area (Å²) in [5.74, 6) is 2.23. The fraction of sp³-hybridized carbons (Fsp3) is 0.304. The molecule has 0 atom stereocenters. The van der Waals surface area contributed by atoms with E-state index >= 15 is 0 Å². The topological polar surface area (TPSA) is 95.1 Å². The van der Waals surface area contributed by atoms with Crippen molar-refractivity contribution < 1.29 is 14.1 Å². The summed E-state index contributed by atoms with van der Waals surface area (Å²) >= 11 is 0. The third-order valence-electron chi connectivity index (χ3n) is 5.43. The first-order valence-electron chi connectivity index (χ1n) is 10.5. The number of anilines is 1. The summed E-state index contributed by atoms with van der Waals surface area (Å²) in [5, 5.41) is 6.78. The standard InChI is InChI=1S/C23H23N5O3/c1-15-24-21(27-31-15)14-30-20-8-5-4-7-17(20)23(29)25-16-10-11-19-18(13-16)26-22-9-3-2-6-12-28(19)22/h4-5,7-8,10-11,13H,2-3,6,9,12,14H2,1H3,(H,25,29). The molecule has 8 heteroatoms. The highest BCUT2D eigenvalue weighted by Crippen LogP contribution is 2.26. The summed E-state index contributed by atoms with van der Waals surface area (Å²) in [7, 11) is 0. The molecule has 2 aromatic carbocycles. The van der Waals surface area contributed by atoms with Crippen LogP contribution in [-0.4, -0.2) is 25.6 Å². The Kier molecular flexibility index (Phi) is 5.11. The highest BCUT2D eigenvalue weighted by molar-refractivity contribution is 6.06. The number of fused-ring (bicyclic) bond motifs is 3. The average Bonchev–Trinajstić information content (AvgIpc) is 3.26. The fourth-order valence-corrected chi connectivity index (χ4v) is 3.95. The van der Waals surface area contributed by atoms with E-state index in [1.165, 1.54) is 19.3 Å². The zero-order valence-electron chi connectivity index (χ0n) is 17.3. The van der Waals surface area contributed by atoms with E-state index in [9.17, 15) is 4.79 Å². The largest absolute Gasteiger partial charge is 0.485 e. The van der Waals surface area contributed by atoms with Crippen molar-refractivity contribution >= 4 is 22.6 Å². The second kappa shape index (κ2) is 8.22. The van der Waals surface area contributed by atoms with Crippen LogP contribution in [0.4, 0.5) is 5.69 Å². The van der Waals surface area contributed by atoms with Gasteiger partial charge in [-0.3, -0.25) is 4.79 Å². The van der Waals surface area contributed by atoms with E-state index in [-0.39, 0.29) is 12.5 Å². The van der Waals surface area contributed by atoms with Gasteiger partial charge in [0.1, 0.15) is 11.6 Å². The number of rotatable bonds is 5. The molecule has 158 valence electrons. The number of benzene rings is 2. The number of ether oxygens (including phenoxy) is 1. The third kappa shape index (κ3) is 4.01. The van der Waals surface area contributed by atoms with Gasteiger partial charge in [-0.15, -0.1) is 0 Å². The minimum atomic E-state index is -0.250. The molecule has 0 bridgehead atoms. The zero-order chi connectivity index (χ0) is 21.2. The maximum Gasteiger partial charge on any atom is 0.259 e. The monoisotopic (exact) mass is 417 g/mol. The molecule has 0 unspecified atom stereocenters. The molecule has 0 spiro atoms. The maximum absolute atomic E-state index is 13.0. The van der Waals surface area contributed by atoms with Gasteiger partial charge in [-0.05, 0) is 43.2 Å². The molecule has 0 fully saturated rings. The van der Waals surface area contributed by atoms with E-state index in [1.807, 2.05) is 24.3 Å². The van der Waals surface area contributed by atoms with Gasteiger partial charge in [0.2, 0.25) is 11.7 Å². The van der Waals surface area contributed by atoms with Gasteiger partial charge in [0.15, 0.2) is 6.61 Å². The summed E-state index contributed by atoms with van der Waals surface area (Å²) in [5.41, 5.74) is 3.17. The van der Waals surface area contributed by atoms with Crippen LogP contribution in [-0.2, 0) is 19.6 Å². The van der Waals surface area contributed by atoms with Crippen molar-refractivity contribution in [3.63, 3.8) is 0 Å². The van der Waals surface area contributed by atoms with E-state index in [2.05, 4.69) is 20.0 Å². The van der Waals surface area contributed by atoms with Crippen LogP contribution in [0.5, 0.6) is 5.75 Å². The first kappa shape index (κ1) is 19.3. The highest BCUT2D eigenvalue weighted by Gasteiger charge is 2.16. The summed E-state index contributed by atoms with van der Waals surface area (Å²) in [4.78, 5) is 21.9. The number of imidazole rings is 1. The first-order valence-corrected chi connectivity index (χ1v) is 10.5. The summed E-state index contributed by atoms with van der Waals surface area (Å²) in [6.07, 6.45) is 4.60. The molecule has 4 aromatic rings. The minimum absolute atomic E-state index is 0.119. The van der Waals surface area contributed by atoms with Gasteiger partial charge in [0.05, 0.1) is 16.6 Å². The van der Waals surface area contributed by atoms with Crippen LogP contribution >= 0.6 is 0 Å². The van der Waals surface area contributed by atoms with Crippen LogP contribution in [0.15, 0.2) is 47.0 Å². The predicted molar refractivity (Wildman–Crippen MR) is 115 cm³/mol. The minimum Gasteiger partial charge on any atom is -0.485 e. The lowest BCUT2D eigenvalue weighted by molar-refractivity contribution is 0.102. The molecule has 8 nitrogen and oxygen atoms in total. The Hall–Kier alpha value is -3.68. The number of hydrogen-bond acceptors (Lipinski definition) is 6. The number of carbonyl (C=O) groups excluding carboxylic acids is 1. The van der Waals surface area contributed by atoms with Gasteiger partial charge in [0.25, 0.3) is 5.91 Å². The number of nitrogens with one attached hydrogen (secondary N) is 1. The van der Waals surface area contributed by atoms with Gasteiger partial charge in [0, 0.05) is 25.6 Å². The lowest BCUT2D eigenvalue weighted by Gasteiger charge is -2.11. The number of hydrogen-bond donors (Lipinski definition) is 1. The van der Waals surface area contributed by atoms with E-state index < -0.39 is 0 Å². The van der Waals surface area contributed by atoms with E-state index in [0.717, 1.165) is 29.8 Å². The summed E-state index contributed by atoms with van der Waals surface area (Å²) < 4.78 is 13.0. The van der Waals surface area contributed by atoms with Crippen LogP contribution in [0.3, 0.4) is 0 Å². The number of nitrogens with zero attached hydrogens (tertiary/aromatic N) is 4. The Labute approximate surface area is 179 Å². The van der Waals surface area contributed by atoms with Crippen molar-refractivity contribution in [1.29, 1.82) is 0 Å². The number of aromatic nitrogens is 4. The maximum atomic E-state index is 13.0. The van der Waals surface area contributed by atoms with E-state index in [1.54, 1.807) is 25.1 Å². The Balaban J connectivity index is 1.34. The van der Waals surface area contributed by atoms with Crippen LogP contribution in [0.2, 0.25) is 0 Å². The van der Waals surface area contributed by atoms with E-state index in [0.29, 0.717) is 28.7 Å². The lowest BCUT2D eigenvalue weighted by Crippen LogP contribution is -2.13. The van der Waals surface area contributed by atoms with Crippen molar-refractivity contribution in [3.05, 3.63) is 65.6 Å². The van der Waals surface area contributed by atoms with Crippen molar-refractivity contribution in [2.45, 2.75) is 45.8 Å². The van der Waals surface area contributed by atoms with Crippen LogP contribution in [0.25, 0.3) is 11.0 Å². The Bertz CT molecular complexity index is 1240. The Morgan fingerprint density at radius 2 is 2.06 bits per heavy atom. The smallest absolute Gasteiger partial charge is 0.259 e. The average molecular weight is 417 g/mol. The Morgan fingerprint density at radius 1 is 1.16 bits per heavy atom. The lowest BCUT2D eigenvalue weighted by atomic mass is 10.1. The third-order valence-corrected chi connectivity index (χ3v) is 5.43. The fourth-order valence-electron chi connectivity index (χ4n) is 3.95. The molecule has 5 rings (SSSR count). The van der Waals surface area contributed by atoms with Crippen molar-refractivity contribution in [2.75, 3.05) is 5.32 Å². The summed E-state index contributed by atoms with van der Waals surface area (Å²) in [6.45, 7) is 2.84. The van der Waals surface area contributed by atoms with Gasteiger partial charge < -0.3 is 19.1 Å². The SMILES string of the molecule is Cc1nc(COc2ccccc2C(=O)Nc2ccc3c(c2)nc2n3CCCCC2)no1. The molecular formula is C23H23N5O3. The number of aryl methyl sites for hydroxylation is 3. The molecule has 0 saturated heterocycles. The van der Waals surface area contributed by atoms with Crippen molar-refractivity contribution in [1.82, 2.24) is 19.7 Å². The number of amides is 1. The molecule has 1 N–H and O–H groups in total. The predicted octanol–water partition coefficient (Wildman–Crippen LogP) is 4.29.